The molecule has 0 bridgehead atoms. The van der Waals surface area contributed by atoms with Crippen LogP contribution in [0.3, 0.4) is 0 Å². The lowest BCUT2D eigenvalue weighted by atomic mass is 10.1. The molecule has 1 aromatic heterocycles. The van der Waals surface area contributed by atoms with Crippen molar-refractivity contribution in [2.45, 2.75) is 37.2 Å². The lowest BCUT2D eigenvalue weighted by molar-refractivity contribution is -0.120. The van der Waals surface area contributed by atoms with Crippen LogP contribution in [0.1, 0.15) is 31.3 Å². The molecule has 0 radical (unpaired) electrons. The second kappa shape index (κ2) is 7.35. The van der Waals surface area contributed by atoms with Crippen LogP contribution in [-0.4, -0.2) is 26.3 Å². The number of nitrogens with zero attached hydrogens (tertiary/aromatic N) is 2. The standard InChI is InChI=1S/C14H16Cl2N4OS/c1-7(11-5-4-10(15)6-12(11)16)17-13(21)8(2)22-14-18-9(3)19-20-14/h4-8H,1-3H3,(H,17,21)(H,18,19,20). The Morgan fingerprint density at radius 3 is 2.68 bits per heavy atom. The SMILES string of the molecule is Cc1nc(SC(C)C(=O)NC(C)c2ccc(Cl)cc2Cl)n[nH]1. The molecule has 118 valence electrons. The summed E-state index contributed by atoms with van der Waals surface area (Å²) < 4.78 is 0. The van der Waals surface area contributed by atoms with Gasteiger partial charge in [0.15, 0.2) is 0 Å². The normalized spacial score (nSPS) is 13.7. The number of aromatic amines is 1. The zero-order valence-electron chi connectivity index (χ0n) is 12.4. The van der Waals surface area contributed by atoms with Gasteiger partial charge in [-0.15, -0.1) is 5.10 Å². The first kappa shape index (κ1) is 17.1. The van der Waals surface area contributed by atoms with Gasteiger partial charge in [-0.25, -0.2) is 4.98 Å². The molecule has 8 heteroatoms. The Labute approximate surface area is 143 Å². The van der Waals surface area contributed by atoms with Crippen LogP contribution in [0.2, 0.25) is 10.0 Å². The van der Waals surface area contributed by atoms with Crippen molar-refractivity contribution in [3.05, 3.63) is 39.6 Å². The maximum Gasteiger partial charge on any atom is 0.233 e. The van der Waals surface area contributed by atoms with E-state index in [1.807, 2.05) is 26.8 Å². The van der Waals surface area contributed by atoms with Gasteiger partial charge in [-0.1, -0.05) is 41.0 Å². The minimum Gasteiger partial charge on any atom is -0.349 e. The van der Waals surface area contributed by atoms with Crippen LogP contribution >= 0.6 is 35.0 Å². The highest BCUT2D eigenvalue weighted by Crippen LogP contribution is 2.27. The first-order valence-electron chi connectivity index (χ1n) is 6.68. The molecule has 5 nitrogen and oxygen atoms in total. The third kappa shape index (κ3) is 4.38. The highest BCUT2D eigenvalue weighted by molar-refractivity contribution is 8.00. The van der Waals surface area contributed by atoms with Crippen molar-refractivity contribution in [3.8, 4) is 0 Å². The summed E-state index contributed by atoms with van der Waals surface area (Å²) in [6.45, 7) is 5.50. The fraction of sp³-hybridized carbons (Fsp3) is 0.357. The average Bonchev–Trinajstić information content (AvgIpc) is 2.83. The topological polar surface area (TPSA) is 70.7 Å². The molecule has 0 spiro atoms. The maximum absolute atomic E-state index is 12.2. The fourth-order valence-corrected chi connectivity index (χ4v) is 3.20. The van der Waals surface area contributed by atoms with Gasteiger partial charge in [0, 0.05) is 10.0 Å². The minimum absolute atomic E-state index is 0.106. The summed E-state index contributed by atoms with van der Waals surface area (Å²) >= 11 is 13.3. The Bertz CT molecular complexity index is 677. The minimum atomic E-state index is -0.316. The summed E-state index contributed by atoms with van der Waals surface area (Å²) in [5.41, 5.74) is 0.824. The molecule has 2 unspecified atom stereocenters. The second-order valence-corrected chi connectivity index (χ2v) is 7.01. The molecule has 0 saturated heterocycles. The van der Waals surface area contributed by atoms with Crippen LogP contribution in [0, 0.1) is 6.92 Å². The fourth-order valence-electron chi connectivity index (χ4n) is 1.85. The number of aryl methyl sites for hydroxylation is 1. The lowest BCUT2D eigenvalue weighted by Gasteiger charge is -2.18. The number of amides is 1. The first-order chi connectivity index (χ1) is 10.4. The number of H-pyrrole nitrogens is 1. The number of thioether (sulfide) groups is 1. The van der Waals surface area contributed by atoms with Crippen LogP contribution in [-0.2, 0) is 4.79 Å². The molecule has 0 aliphatic heterocycles. The predicted molar refractivity (Wildman–Crippen MR) is 89.5 cm³/mol. The third-order valence-corrected chi connectivity index (χ3v) is 4.54. The van der Waals surface area contributed by atoms with E-state index in [1.165, 1.54) is 11.8 Å². The largest absolute Gasteiger partial charge is 0.349 e. The van der Waals surface area contributed by atoms with E-state index in [9.17, 15) is 4.79 Å². The molecule has 2 rings (SSSR count). The number of hydrogen-bond donors (Lipinski definition) is 2. The zero-order chi connectivity index (χ0) is 16.3. The number of benzene rings is 1. The van der Waals surface area contributed by atoms with E-state index in [0.717, 1.165) is 11.4 Å². The van der Waals surface area contributed by atoms with Gasteiger partial charge in [0.25, 0.3) is 0 Å². The molecule has 1 amide bonds. The van der Waals surface area contributed by atoms with Crippen molar-refractivity contribution < 1.29 is 4.79 Å². The van der Waals surface area contributed by atoms with Crippen molar-refractivity contribution in [2.24, 2.45) is 0 Å². The molecule has 1 aromatic carbocycles. The number of halogens is 2. The molecular formula is C14H16Cl2N4OS. The van der Waals surface area contributed by atoms with E-state index in [-0.39, 0.29) is 17.2 Å². The van der Waals surface area contributed by atoms with Gasteiger partial charge in [-0.2, -0.15) is 0 Å². The molecule has 1 heterocycles. The Balaban J connectivity index is 1.98. The van der Waals surface area contributed by atoms with Crippen molar-refractivity contribution in [1.29, 1.82) is 0 Å². The number of aromatic nitrogens is 3. The second-order valence-electron chi connectivity index (χ2n) is 4.86. The Kier molecular flexibility index (Phi) is 5.72. The van der Waals surface area contributed by atoms with Crippen LogP contribution < -0.4 is 5.32 Å². The van der Waals surface area contributed by atoms with Crippen molar-refractivity contribution in [1.82, 2.24) is 20.5 Å². The van der Waals surface area contributed by atoms with Crippen molar-refractivity contribution in [2.75, 3.05) is 0 Å². The van der Waals surface area contributed by atoms with E-state index in [4.69, 9.17) is 23.2 Å². The van der Waals surface area contributed by atoms with E-state index < -0.39 is 0 Å². The molecule has 22 heavy (non-hydrogen) atoms. The van der Waals surface area contributed by atoms with Gasteiger partial charge < -0.3 is 5.32 Å². The Hall–Kier alpha value is -1.24. The van der Waals surface area contributed by atoms with E-state index in [2.05, 4.69) is 20.5 Å². The van der Waals surface area contributed by atoms with Gasteiger partial charge in [-0.05, 0) is 38.5 Å². The summed E-state index contributed by atoms with van der Waals surface area (Å²) in [4.78, 5) is 16.4. The Morgan fingerprint density at radius 2 is 2.09 bits per heavy atom. The number of hydrogen-bond acceptors (Lipinski definition) is 4. The van der Waals surface area contributed by atoms with Gasteiger partial charge in [0.2, 0.25) is 11.1 Å². The highest BCUT2D eigenvalue weighted by Gasteiger charge is 2.20. The number of carbonyl (C=O) groups excluding carboxylic acids is 1. The third-order valence-electron chi connectivity index (χ3n) is 3.02. The summed E-state index contributed by atoms with van der Waals surface area (Å²) in [6, 6.07) is 5.01. The van der Waals surface area contributed by atoms with E-state index in [1.54, 1.807) is 12.1 Å². The number of nitrogens with one attached hydrogen (secondary N) is 2. The van der Waals surface area contributed by atoms with Crippen LogP contribution in [0.15, 0.2) is 23.4 Å². The summed E-state index contributed by atoms with van der Waals surface area (Å²) in [5.74, 6) is 0.613. The van der Waals surface area contributed by atoms with Gasteiger partial charge >= 0.3 is 0 Å². The van der Waals surface area contributed by atoms with Crippen LogP contribution in [0.25, 0.3) is 0 Å². The number of rotatable bonds is 5. The summed E-state index contributed by atoms with van der Waals surface area (Å²) in [5, 5.41) is 11.0. The average molecular weight is 359 g/mol. The Morgan fingerprint density at radius 1 is 1.36 bits per heavy atom. The van der Waals surface area contributed by atoms with Gasteiger partial charge in [-0.3, -0.25) is 9.89 Å². The summed E-state index contributed by atoms with van der Waals surface area (Å²) in [6.07, 6.45) is 0. The molecule has 2 atom stereocenters. The van der Waals surface area contributed by atoms with Crippen molar-refractivity contribution in [3.63, 3.8) is 0 Å². The number of carbonyl (C=O) groups is 1. The van der Waals surface area contributed by atoms with E-state index >= 15 is 0 Å². The maximum atomic E-state index is 12.2. The summed E-state index contributed by atoms with van der Waals surface area (Å²) in [7, 11) is 0. The smallest absolute Gasteiger partial charge is 0.233 e. The highest BCUT2D eigenvalue weighted by atomic mass is 35.5. The molecule has 0 aliphatic rings. The van der Waals surface area contributed by atoms with Crippen molar-refractivity contribution >= 4 is 40.9 Å². The lowest BCUT2D eigenvalue weighted by Crippen LogP contribution is -2.33. The zero-order valence-corrected chi connectivity index (χ0v) is 14.7. The van der Waals surface area contributed by atoms with Crippen LogP contribution in [0.5, 0.6) is 0 Å². The quantitative estimate of drug-likeness (QED) is 0.797. The van der Waals surface area contributed by atoms with Gasteiger partial charge in [0.1, 0.15) is 5.82 Å². The molecule has 2 N–H and O–H groups in total. The predicted octanol–water partition coefficient (Wildman–Crippen LogP) is 3.78. The molecule has 0 fully saturated rings. The molecule has 0 aliphatic carbocycles. The van der Waals surface area contributed by atoms with E-state index in [0.29, 0.717) is 15.2 Å². The van der Waals surface area contributed by atoms with Crippen LogP contribution in [0.4, 0.5) is 0 Å². The molecule has 0 saturated carbocycles. The molecular weight excluding hydrogens is 343 g/mol. The monoisotopic (exact) mass is 358 g/mol. The molecule has 2 aromatic rings. The van der Waals surface area contributed by atoms with Gasteiger partial charge in [0.05, 0.1) is 11.3 Å². The first-order valence-corrected chi connectivity index (χ1v) is 8.31.